The van der Waals surface area contributed by atoms with Crippen molar-refractivity contribution in [3.05, 3.63) is 23.9 Å². The van der Waals surface area contributed by atoms with Crippen molar-refractivity contribution in [2.24, 2.45) is 5.92 Å². The average molecular weight is 302 g/mol. The summed E-state index contributed by atoms with van der Waals surface area (Å²) in [5, 5.41) is 9.32. The molecule has 1 aromatic rings. The second-order valence-corrected chi connectivity index (χ2v) is 5.25. The normalized spacial score (nSPS) is 23.1. The Morgan fingerprint density at radius 3 is 2.81 bits per heavy atom. The third-order valence-corrected chi connectivity index (χ3v) is 3.94. The van der Waals surface area contributed by atoms with Crippen LogP contribution in [-0.4, -0.2) is 28.6 Å². The monoisotopic (exact) mass is 302 g/mol. The van der Waals surface area contributed by atoms with Crippen molar-refractivity contribution in [1.29, 1.82) is 0 Å². The first-order valence-corrected chi connectivity index (χ1v) is 6.85. The van der Waals surface area contributed by atoms with Crippen LogP contribution in [0.3, 0.4) is 0 Å². The van der Waals surface area contributed by atoms with Crippen molar-refractivity contribution in [3.63, 3.8) is 0 Å². The van der Waals surface area contributed by atoms with E-state index in [1.54, 1.807) is 0 Å². The van der Waals surface area contributed by atoms with Crippen LogP contribution >= 0.6 is 0 Å². The minimum Gasteiger partial charge on any atom is -0.480 e. The number of hydrogen-bond donors (Lipinski definition) is 1. The van der Waals surface area contributed by atoms with Crippen molar-refractivity contribution in [2.75, 3.05) is 11.4 Å². The van der Waals surface area contributed by atoms with Crippen molar-refractivity contribution in [1.82, 2.24) is 4.98 Å². The number of carbonyl (C=O) groups is 1. The fourth-order valence-electron chi connectivity index (χ4n) is 2.67. The number of carboxylic acid groups (broad SMARTS) is 1. The molecular formula is C14H17F3N2O2. The van der Waals surface area contributed by atoms with Gasteiger partial charge in [0.2, 0.25) is 0 Å². The Balaban J connectivity index is 2.29. The number of aliphatic carboxylic acids is 1. The topological polar surface area (TPSA) is 53.4 Å². The standard InChI is InChI=1S/C14H17F3N2O2/c1-2-9-4-6-19(11(7-9)13(20)21)12-8-10(3-5-18-12)14(15,16)17/h3,5,8-9,11H,2,4,6-7H2,1H3,(H,20,21). The maximum atomic E-state index is 12.7. The van der Waals surface area contributed by atoms with Crippen LogP contribution < -0.4 is 4.90 Å². The highest BCUT2D eigenvalue weighted by Gasteiger charge is 2.35. The molecule has 1 aromatic heterocycles. The molecule has 2 atom stereocenters. The van der Waals surface area contributed by atoms with Crippen molar-refractivity contribution < 1.29 is 23.1 Å². The van der Waals surface area contributed by atoms with Crippen LogP contribution in [0.2, 0.25) is 0 Å². The van der Waals surface area contributed by atoms with Gasteiger partial charge in [0, 0.05) is 12.7 Å². The molecule has 4 nitrogen and oxygen atoms in total. The largest absolute Gasteiger partial charge is 0.480 e. The van der Waals surface area contributed by atoms with Gasteiger partial charge in [0.15, 0.2) is 0 Å². The maximum Gasteiger partial charge on any atom is 0.416 e. The summed E-state index contributed by atoms with van der Waals surface area (Å²) >= 11 is 0. The van der Waals surface area contributed by atoms with Gasteiger partial charge in [-0.3, -0.25) is 0 Å². The van der Waals surface area contributed by atoms with Gasteiger partial charge in [0.1, 0.15) is 11.9 Å². The summed E-state index contributed by atoms with van der Waals surface area (Å²) in [6.45, 7) is 2.39. The maximum absolute atomic E-state index is 12.7. The number of piperidine rings is 1. The summed E-state index contributed by atoms with van der Waals surface area (Å²) in [5.74, 6) is -0.660. The molecule has 0 bridgehead atoms. The van der Waals surface area contributed by atoms with Crippen molar-refractivity contribution >= 4 is 11.8 Å². The van der Waals surface area contributed by atoms with E-state index in [1.165, 1.54) is 4.90 Å². The van der Waals surface area contributed by atoms with Crippen LogP contribution in [0, 0.1) is 5.92 Å². The third kappa shape index (κ3) is 3.46. The van der Waals surface area contributed by atoms with Crippen LogP contribution in [0.1, 0.15) is 31.7 Å². The molecule has 21 heavy (non-hydrogen) atoms. The lowest BCUT2D eigenvalue weighted by Crippen LogP contribution is -2.47. The van der Waals surface area contributed by atoms with Gasteiger partial charge >= 0.3 is 12.1 Å². The Morgan fingerprint density at radius 1 is 1.52 bits per heavy atom. The van der Waals surface area contributed by atoms with Gasteiger partial charge in [-0.25, -0.2) is 9.78 Å². The van der Waals surface area contributed by atoms with Crippen LogP contribution in [-0.2, 0) is 11.0 Å². The molecule has 0 aliphatic carbocycles. The molecule has 2 unspecified atom stereocenters. The van der Waals surface area contributed by atoms with Crippen molar-refractivity contribution in [3.8, 4) is 0 Å². The van der Waals surface area contributed by atoms with Crippen molar-refractivity contribution in [2.45, 2.75) is 38.4 Å². The van der Waals surface area contributed by atoms with Crippen LogP contribution in [0.15, 0.2) is 18.3 Å². The number of rotatable bonds is 3. The first kappa shape index (κ1) is 15.6. The molecule has 1 aliphatic rings. The molecule has 116 valence electrons. The molecule has 0 aromatic carbocycles. The fourth-order valence-corrected chi connectivity index (χ4v) is 2.67. The summed E-state index contributed by atoms with van der Waals surface area (Å²) < 4.78 is 38.2. The van der Waals surface area contributed by atoms with E-state index in [0.29, 0.717) is 13.0 Å². The van der Waals surface area contributed by atoms with Gasteiger partial charge in [-0.15, -0.1) is 0 Å². The molecule has 1 aliphatic heterocycles. The first-order chi connectivity index (χ1) is 9.82. The molecule has 1 N–H and O–H groups in total. The summed E-state index contributed by atoms with van der Waals surface area (Å²) in [6, 6.07) is 0.986. The number of pyridine rings is 1. The van der Waals surface area contributed by atoms with Gasteiger partial charge in [0.05, 0.1) is 5.56 Å². The van der Waals surface area contributed by atoms with E-state index in [0.717, 1.165) is 31.2 Å². The lowest BCUT2D eigenvalue weighted by molar-refractivity contribution is -0.139. The minimum absolute atomic E-state index is 0.0757. The molecule has 0 amide bonds. The molecule has 2 rings (SSSR count). The first-order valence-electron chi connectivity index (χ1n) is 6.85. The Labute approximate surface area is 120 Å². The highest BCUT2D eigenvalue weighted by Crippen LogP contribution is 2.33. The number of anilines is 1. The molecule has 0 spiro atoms. The average Bonchev–Trinajstić information content (AvgIpc) is 2.45. The highest BCUT2D eigenvalue weighted by atomic mass is 19.4. The Kier molecular flexibility index (Phi) is 4.39. The predicted octanol–water partition coefficient (Wildman–Crippen LogP) is 3.18. The van der Waals surface area contributed by atoms with Crippen LogP contribution in [0.25, 0.3) is 0 Å². The zero-order valence-corrected chi connectivity index (χ0v) is 11.6. The molecule has 1 saturated heterocycles. The SMILES string of the molecule is CCC1CCN(c2cc(C(F)(F)F)ccn2)C(C(=O)O)C1. The zero-order valence-electron chi connectivity index (χ0n) is 11.6. The molecule has 1 fully saturated rings. The van der Waals surface area contributed by atoms with E-state index >= 15 is 0 Å². The second-order valence-electron chi connectivity index (χ2n) is 5.25. The number of carboxylic acids is 1. The van der Waals surface area contributed by atoms with E-state index in [-0.39, 0.29) is 11.7 Å². The molecular weight excluding hydrogens is 285 g/mol. The lowest BCUT2D eigenvalue weighted by Gasteiger charge is -2.37. The lowest BCUT2D eigenvalue weighted by atomic mass is 9.89. The van der Waals surface area contributed by atoms with E-state index in [4.69, 9.17) is 0 Å². The number of nitrogens with zero attached hydrogens (tertiary/aromatic N) is 2. The number of halogens is 3. The molecule has 0 radical (unpaired) electrons. The summed E-state index contributed by atoms with van der Waals surface area (Å²) in [7, 11) is 0. The van der Waals surface area contributed by atoms with Gasteiger partial charge in [-0.1, -0.05) is 13.3 Å². The molecule has 0 saturated carbocycles. The zero-order chi connectivity index (χ0) is 15.6. The number of aromatic nitrogens is 1. The summed E-state index contributed by atoms with van der Waals surface area (Å²) in [6.07, 6.45) is -1.32. The van der Waals surface area contributed by atoms with E-state index in [2.05, 4.69) is 4.98 Å². The summed E-state index contributed by atoms with van der Waals surface area (Å²) in [5.41, 5.74) is -0.811. The van der Waals surface area contributed by atoms with E-state index in [1.807, 2.05) is 6.92 Å². The Morgan fingerprint density at radius 2 is 2.24 bits per heavy atom. The second kappa shape index (κ2) is 5.91. The Hall–Kier alpha value is -1.79. The van der Waals surface area contributed by atoms with Crippen LogP contribution in [0.5, 0.6) is 0 Å². The van der Waals surface area contributed by atoms with E-state index < -0.39 is 23.8 Å². The molecule has 7 heteroatoms. The minimum atomic E-state index is -4.46. The molecule has 2 heterocycles. The summed E-state index contributed by atoms with van der Waals surface area (Å²) in [4.78, 5) is 16.8. The predicted molar refractivity (Wildman–Crippen MR) is 71.0 cm³/mol. The number of hydrogen-bond acceptors (Lipinski definition) is 3. The van der Waals surface area contributed by atoms with Gasteiger partial charge in [-0.2, -0.15) is 13.2 Å². The van der Waals surface area contributed by atoms with E-state index in [9.17, 15) is 23.1 Å². The van der Waals surface area contributed by atoms with Gasteiger partial charge < -0.3 is 10.0 Å². The number of alkyl halides is 3. The van der Waals surface area contributed by atoms with Gasteiger partial charge in [0.25, 0.3) is 0 Å². The fraction of sp³-hybridized carbons (Fsp3) is 0.571. The third-order valence-electron chi connectivity index (χ3n) is 3.94. The Bertz CT molecular complexity index is 519. The highest BCUT2D eigenvalue weighted by molar-refractivity contribution is 5.78. The van der Waals surface area contributed by atoms with Gasteiger partial charge in [-0.05, 0) is 30.9 Å². The van der Waals surface area contributed by atoms with Crippen LogP contribution in [0.4, 0.5) is 19.0 Å². The smallest absolute Gasteiger partial charge is 0.416 e. The quantitative estimate of drug-likeness (QED) is 0.931.